The lowest BCUT2D eigenvalue weighted by Crippen LogP contribution is -2.24. The number of aromatic nitrogens is 3. The van der Waals surface area contributed by atoms with Crippen molar-refractivity contribution in [2.45, 2.75) is 31.3 Å². The van der Waals surface area contributed by atoms with Crippen molar-refractivity contribution in [3.05, 3.63) is 31.1 Å². The van der Waals surface area contributed by atoms with Crippen LogP contribution >= 0.6 is 11.8 Å². The molecule has 19 heavy (non-hydrogen) atoms. The van der Waals surface area contributed by atoms with Crippen molar-refractivity contribution in [1.29, 1.82) is 0 Å². The van der Waals surface area contributed by atoms with Crippen molar-refractivity contribution in [2.75, 3.05) is 5.38 Å². The quantitative estimate of drug-likeness (QED) is 0.463. The molecule has 2 aromatic heterocycles. The summed E-state index contributed by atoms with van der Waals surface area (Å²) in [4.78, 5) is 0. The van der Waals surface area contributed by atoms with Gasteiger partial charge in [0.1, 0.15) is 0 Å². The minimum absolute atomic E-state index is 0.692. The Hall–Kier alpha value is -1.27. The zero-order chi connectivity index (χ0) is 13.9. The van der Waals surface area contributed by atoms with Crippen LogP contribution in [0.1, 0.15) is 0 Å². The Kier molecular flexibility index (Phi) is 4.31. The summed E-state index contributed by atoms with van der Waals surface area (Å²) in [5.41, 5.74) is 0. The van der Waals surface area contributed by atoms with Crippen LogP contribution in [-0.2, 0) is 6.54 Å². The summed E-state index contributed by atoms with van der Waals surface area (Å²) in [6, 6.07) is 3.76. The lowest BCUT2D eigenvalue weighted by molar-refractivity contribution is 0.570. The molecule has 0 unspecified atom stereocenters. The van der Waals surface area contributed by atoms with Crippen molar-refractivity contribution < 1.29 is 4.42 Å². The molecule has 102 valence electrons. The fraction of sp³-hybridized carbons (Fsp3) is 0.385. The van der Waals surface area contributed by atoms with E-state index < -0.39 is 8.07 Å². The first kappa shape index (κ1) is 14.1. The predicted molar refractivity (Wildman–Crippen MR) is 82.0 cm³/mol. The maximum absolute atomic E-state index is 5.41. The van der Waals surface area contributed by atoms with Gasteiger partial charge in [-0.25, -0.2) is 0 Å². The van der Waals surface area contributed by atoms with Gasteiger partial charge in [0.25, 0.3) is 0 Å². The molecule has 0 saturated heterocycles. The average Bonchev–Trinajstić information content (AvgIpc) is 2.94. The van der Waals surface area contributed by atoms with E-state index in [1.54, 1.807) is 18.0 Å². The van der Waals surface area contributed by atoms with Gasteiger partial charge in [0.05, 0.1) is 14.3 Å². The van der Waals surface area contributed by atoms with Crippen LogP contribution in [0.4, 0.5) is 0 Å². The molecule has 0 bridgehead atoms. The van der Waals surface area contributed by atoms with Crippen molar-refractivity contribution in [3.63, 3.8) is 0 Å². The molecule has 0 fully saturated rings. The lowest BCUT2D eigenvalue weighted by atomic mass is 10.4. The van der Waals surface area contributed by atoms with E-state index in [1.165, 1.54) is 0 Å². The van der Waals surface area contributed by atoms with Gasteiger partial charge in [0, 0.05) is 6.54 Å². The normalized spacial score (nSPS) is 11.7. The fourth-order valence-corrected chi connectivity index (χ4v) is 4.22. The largest absolute Gasteiger partial charge is 0.461 e. The molecule has 2 aromatic rings. The first-order valence-corrected chi connectivity index (χ1v) is 10.9. The summed E-state index contributed by atoms with van der Waals surface area (Å²) in [5, 5.41) is 10.6. The molecule has 0 radical (unpaired) electrons. The molecule has 0 atom stereocenters. The molecule has 0 aliphatic heterocycles. The zero-order valence-electron chi connectivity index (χ0n) is 11.6. The molecule has 0 aliphatic carbocycles. The summed E-state index contributed by atoms with van der Waals surface area (Å²) >= 11 is 1.77. The second-order valence-electron chi connectivity index (χ2n) is 5.53. The van der Waals surface area contributed by atoms with Crippen LogP contribution in [0.25, 0.3) is 11.6 Å². The summed E-state index contributed by atoms with van der Waals surface area (Å²) in [7, 11) is -1.11. The maximum atomic E-state index is 5.41. The van der Waals surface area contributed by atoms with Gasteiger partial charge < -0.3 is 4.42 Å². The van der Waals surface area contributed by atoms with Crippen LogP contribution in [0.3, 0.4) is 0 Å². The molecule has 0 amide bonds. The van der Waals surface area contributed by atoms with Gasteiger partial charge in [-0.1, -0.05) is 37.5 Å². The van der Waals surface area contributed by atoms with Crippen LogP contribution in [-0.4, -0.2) is 28.2 Å². The molecule has 2 heterocycles. The van der Waals surface area contributed by atoms with Crippen LogP contribution in [0.15, 0.2) is 40.6 Å². The third-order valence-electron chi connectivity index (χ3n) is 2.40. The van der Waals surface area contributed by atoms with Gasteiger partial charge in [0.2, 0.25) is 5.82 Å². The number of allylic oxidation sites excluding steroid dienone is 1. The van der Waals surface area contributed by atoms with Crippen molar-refractivity contribution in [2.24, 2.45) is 0 Å². The van der Waals surface area contributed by atoms with Gasteiger partial charge in [-0.15, -0.1) is 16.8 Å². The van der Waals surface area contributed by atoms with E-state index in [-0.39, 0.29) is 0 Å². The summed E-state index contributed by atoms with van der Waals surface area (Å²) in [6.07, 6.45) is 3.51. The Morgan fingerprint density at radius 1 is 1.42 bits per heavy atom. The van der Waals surface area contributed by atoms with E-state index in [4.69, 9.17) is 4.42 Å². The molecule has 6 heteroatoms. The highest BCUT2D eigenvalue weighted by Crippen LogP contribution is 2.26. The summed E-state index contributed by atoms with van der Waals surface area (Å²) in [5.74, 6) is 1.51. The predicted octanol–water partition coefficient (Wildman–Crippen LogP) is 3.69. The minimum atomic E-state index is -1.11. The standard InChI is InChI=1S/C13H19N3OSSi/c1-5-8-16-12(11-7-6-9-17-11)14-15-13(16)18-10-19(2,3)4/h5-7,9H,1,8,10H2,2-4H3. The second-order valence-corrected chi connectivity index (χ2v) is 12.5. The van der Waals surface area contributed by atoms with Crippen LogP contribution in [0.5, 0.6) is 0 Å². The minimum Gasteiger partial charge on any atom is -0.461 e. The van der Waals surface area contributed by atoms with E-state index in [0.29, 0.717) is 6.54 Å². The smallest absolute Gasteiger partial charge is 0.200 e. The number of nitrogens with zero attached hydrogens (tertiary/aromatic N) is 3. The maximum Gasteiger partial charge on any atom is 0.200 e. The topological polar surface area (TPSA) is 43.9 Å². The van der Waals surface area contributed by atoms with Crippen molar-refractivity contribution in [3.8, 4) is 11.6 Å². The molecule has 0 N–H and O–H groups in total. The third kappa shape index (κ3) is 3.60. The highest BCUT2D eigenvalue weighted by Gasteiger charge is 2.19. The first-order chi connectivity index (χ1) is 9.01. The number of hydrogen-bond donors (Lipinski definition) is 0. The van der Waals surface area contributed by atoms with Crippen LogP contribution in [0.2, 0.25) is 19.6 Å². The van der Waals surface area contributed by atoms with E-state index in [0.717, 1.165) is 22.1 Å². The van der Waals surface area contributed by atoms with Crippen LogP contribution in [0, 0.1) is 0 Å². The van der Waals surface area contributed by atoms with E-state index >= 15 is 0 Å². The number of hydrogen-bond acceptors (Lipinski definition) is 4. The van der Waals surface area contributed by atoms with E-state index in [9.17, 15) is 0 Å². The van der Waals surface area contributed by atoms with E-state index in [1.807, 2.05) is 18.2 Å². The molecule has 0 aromatic carbocycles. The molecule has 2 rings (SSSR count). The van der Waals surface area contributed by atoms with E-state index in [2.05, 4.69) is 41.0 Å². The lowest BCUT2D eigenvalue weighted by Gasteiger charge is -2.14. The Balaban J connectivity index is 2.27. The van der Waals surface area contributed by atoms with Gasteiger partial charge in [0.15, 0.2) is 10.9 Å². The van der Waals surface area contributed by atoms with Gasteiger partial charge in [-0.05, 0) is 17.5 Å². The van der Waals surface area contributed by atoms with Gasteiger partial charge >= 0.3 is 0 Å². The molecule has 4 nitrogen and oxygen atoms in total. The number of thioether (sulfide) groups is 1. The van der Waals surface area contributed by atoms with Gasteiger partial charge in [-0.2, -0.15) is 0 Å². The number of rotatable bonds is 6. The SMILES string of the molecule is C=CCn1c(SC[Si](C)(C)C)nnc1-c1ccco1. The second kappa shape index (κ2) is 5.79. The molecule has 0 aliphatic rings. The average molecular weight is 293 g/mol. The first-order valence-electron chi connectivity index (χ1n) is 6.22. The monoisotopic (exact) mass is 293 g/mol. The Morgan fingerprint density at radius 3 is 2.79 bits per heavy atom. The van der Waals surface area contributed by atoms with Crippen molar-refractivity contribution in [1.82, 2.24) is 14.8 Å². The highest BCUT2D eigenvalue weighted by molar-refractivity contribution is 8.00. The molecule has 0 saturated carbocycles. The molecule has 0 spiro atoms. The summed E-state index contributed by atoms with van der Waals surface area (Å²) in [6.45, 7) is 11.5. The molecular formula is C13H19N3OSSi. The van der Waals surface area contributed by atoms with Gasteiger partial charge in [-0.3, -0.25) is 4.57 Å². The highest BCUT2D eigenvalue weighted by atomic mass is 32.2. The zero-order valence-corrected chi connectivity index (χ0v) is 13.4. The van der Waals surface area contributed by atoms with Crippen LogP contribution < -0.4 is 0 Å². The fourth-order valence-electron chi connectivity index (χ4n) is 1.56. The Bertz CT molecular complexity index is 543. The Labute approximate surface area is 118 Å². The summed E-state index contributed by atoms with van der Waals surface area (Å²) < 4.78 is 7.46. The third-order valence-corrected chi connectivity index (χ3v) is 7.01. The van der Waals surface area contributed by atoms with Crippen molar-refractivity contribution >= 4 is 19.8 Å². The molecular weight excluding hydrogens is 274 g/mol. The number of furan rings is 1. The Morgan fingerprint density at radius 2 is 2.21 bits per heavy atom.